The highest BCUT2D eigenvalue weighted by atomic mass is 79.9. The first-order valence-electron chi connectivity index (χ1n) is 6.17. The molecule has 1 unspecified atom stereocenters. The van der Waals surface area contributed by atoms with E-state index in [9.17, 15) is 4.79 Å². The fraction of sp³-hybridized carbons (Fsp3) is 0.462. The highest BCUT2D eigenvalue weighted by molar-refractivity contribution is 9.10. The third-order valence-corrected chi connectivity index (χ3v) is 4.49. The molecule has 0 saturated carbocycles. The van der Waals surface area contributed by atoms with Crippen molar-refractivity contribution in [1.82, 2.24) is 10.2 Å². The molecule has 1 atom stereocenters. The highest BCUT2D eigenvalue weighted by Crippen LogP contribution is 2.35. The van der Waals surface area contributed by atoms with Crippen LogP contribution in [0.3, 0.4) is 0 Å². The summed E-state index contributed by atoms with van der Waals surface area (Å²) in [7, 11) is 0. The molecule has 1 aromatic carbocycles. The molecule has 3 N–H and O–H groups in total. The van der Waals surface area contributed by atoms with E-state index >= 15 is 0 Å². The van der Waals surface area contributed by atoms with E-state index in [1.54, 1.807) is 6.07 Å². The smallest absolute Gasteiger partial charge is 0.242 e. The first-order chi connectivity index (χ1) is 8.96. The molecule has 6 heteroatoms. The van der Waals surface area contributed by atoms with Gasteiger partial charge in [0.15, 0.2) is 0 Å². The van der Waals surface area contributed by atoms with E-state index in [2.05, 4.69) is 26.1 Å². The molecule has 104 valence electrons. The summed E-state index contributed by atoms with van der Waals surface area (Å²) in [5, 5.41) is 3.82. The van der Waals surface area contributed by atoms with Crippen LogP contribution in [0.25, 0.3) is 0 Å². The quantitative estimate of drug-likeness (QED) is 0.876. The Balaban J connectivity index is 2.46. The summed E-state index contributed by atoms with van der Waals surface area (Å²) in [5.41, 5.74) is 5.55. The summed E-state index contributed by atoms with van der Waals surface area (Å²) in [6, 6.07) is 5.53. The van der Waals surface area contributed by atoms with Crippen LogP contribution in [0.5, 0.6) is 0 Å². The average molecular weight is 347 g/mol. The van der Waals surface area contributed by atoms with Crippen molar-refractivity contribution in [3.63, 3.8) is 0 Å². The van der Waals surface area contributed by atoms with Gasteiger partial charge in [0, 0.05) is 41.2 Å². The second-order valence-corrected chi connectivity index (χ2v) is 6.12. The summed E-state index contributed by atoms with van der Waals surface area (Å²) in [5.74, 6) is -0.376. The zero-order chi connectivity index (χ0) is 14.0. The number of rotatable bonds is 3. The lowest BCUT2D eigenvalue weighted by molar-refractivity contribution is -0.130. The average Bonchev–Trinajstić information content (AvgIpc) is 2.38. The van der Waals surface area contributed by atoms with Crippen LogP contribution < -0.4 is 11.1 Å². The predicted octanol–water partition coefficient (Wildman–Crippen LogP) is 1.71. The van der Waals surface area contributed by atoms with Gasteiger partial charge < -0.3 is 11.1 Å². The third kappa shape index (κ3) is 2.79. The Hall–Kier alpha value is -0.620. The maximum atomic E-state index is 12.0. The van der Waals surface area contributed by atoms with Gasteiger partial charge in [0.25, 0.3) is 0 Å². The van der Waals surface area contributed by atoms with Gasteiger partial charge in [-0.1, -0.05) is 33.6 Å². The molecule has 1 amide bonds. The minimum Gasteiger partial charge on any atom is -0.368 e. The van der Waals surface area contributed by atoms with Gasteiger partial charge in [0.1, 0.15) is 5.54 Å². The Morgan fingerprint density at radius 1 is 1.47 bits per heavy atom. The van der Waals surface area contributed by atoms with Crippen molar-refractivity contribution < 1.29 is 4.79 Å². The number of primary amides is 1. The summed E-state index contributed by atoms with van der Waals surface area (Å²) in [6.45, 7) is 5.07. The molecule has 1 heterocycles. The fourth-order valence-corrected chi connectivity index (χ4v) is 3.31. The van der Waals surface area contributed by atoms with Gasteiger partial charge >= 0.3 is 0 Å². The number of amides is 1. The largest absolute Gasteiger partial charge is 0.368 e. The Labute approximate surface area is 126 Å². The fourth-order valence-electron chi connectivity index (χ4n) is 2.46. The van der Waals surface area contributed by atoms with E-state index in [0.29, 0.717) is 5.02 Å². The van der Waals surface area contributed by atoms with Gasteiger partial charge in [-0.05, 0) is 19.1 Å². The number of carbonyl (C=O) groups excluding carboxylic acids is 1. The number of nitrogens with one attached hydrogen (secondary N) is 1. The van der Waals surface area contributed by atoms with Crippen molar-refractivity contribution in [2.45, 2.75) is 12.5 Å². The summed E-state index contributed by atoms with van der Waals surface area (Å²) in [4.78, 5) is 14.1. The minimum absolute atomic E-state index is 0.376. The van der Waals surface area contributed by atoms with Crippen LogP contribution in [-0.2, 0) is 10.3 Å². The molecule has 0 aromatic heterocycles. The van der Waals surface area contributed by atoms with Crippen molar-refractivity contribution in [2.24, 2.45) is 5.73 Å². The van der Waals surface area contributed by atoms with Crippen molar-refractivity contribution in [3.8, 4) is 0 Å². The van der Waals surface area contributed by atoms with Crippen LogP contribution in [0.15, 0.2) is 22.7 Å². The number of hydrogen-bond donors (Lipinski definition) is 2. The van der Waals surface area contributed by atoms with Gasteiger partial charge in [-0.15, -0.1) is 0 Å². The minimum atomic E-state index is -0.875. The topological polar surface area (TPSA) is 58.4 Å². The van der Waals surface area contributed by atoms with Crippen LogP contribution in [0, 0.1) is 0 Å². The van der Waals surface area contributed by atoms with Gasteiger partial charge in [-0.25, -0.2) is 0 Å². The third-order valence-electron chi connectivity index (χ3n) is 3.68. The molecule has 1 aliphatic rings. The number of nitrogens with zero attached hydrogens (tertiary/aromatic N) is 1. The van der Waals surface area contributed by atoms with Crippen LogP contribution in [0.2, 0.25) is 5.02 Å². The highest BCUT2D eigenvalue weighted by Gasteiger charge is 2.41. The zero-order valence-electron chi connectivity index (χ0n) is 10.7. The number of piperazine rings is 1. The lowest BCUT2D eigenvalue weighted by Gasteiger charge is -2.42. The van der Waals surface area contributed by atoms with E-state index in [4.69, 9.17) is 17.3 Å². The molecule has 4 nitrogen and oxygen atoms in total. The predicted molar refractivity (Wildman–Crippen MR) is 80.1 cm³/mol. The van der Waals surface area contributed by atoms with Crippen LogP contribution in [0.1, 0.15) is 12.5 Å². The zero-order valence-corrected chi connectivity index (χ0v) is 13.1. The first kappa shape index (κ1) is 14.8. The Kier molecular flexibility index (Phi) is 4.50. The molecule has 1 aliphatic heterocycles. The van der Waals surface area contributed by atoms with Gasteiger partial charge in [0.05, 0.1) is 0 Å². The SMILES string of the molecule is CC(C(N)=O)(c1ccc(Br)cc1Cl)N1CCNCC1. The molecule has 0 bridgehead atoms. The maximum Gasteiger partial charge on any atom is 0.242 e. The maximum absolute atomic E-state index is 12.0. The number of benzene rings is 1. The standard InChI is InChI=1S/C13H17BrClN3O/c1-13(12(16)19,18-6-4-17-5-7-18)10-3-2-9(14)8-11(10)15/h2-3,8,17H,4-7H2,1H3,(H2,16,19). The van der Waals surface area contributed by atoms with E-state index < -0.39 is 5.54 Å². The molecule has 2 rings (SSSR count). The second kappa shape index (κ2) is 5.79. The van der Waals surface area contributed by atoms with Crippen molar-refractivity contribution in [3.05, 3.63) is 33.3 Å². The van der Waals surface area contributed by atoms with E-state index in [1.807, 2.05) is 19.1 Å². The van der Waals surface area contributed by atoms with Crippen LogP contribution in [0.4, 0.5) is 0 Å². The van der Waals surface area contributed by atoms with Gasteiger partial charge in [0.2, 0.25) is 5.91 Å². The van der Waals surface area contributed by atoms with Crippen LogP contribution in [-0.4, -0.2) is 37.0 Å². The Bertz CT molecular complexity index is 491. The Morgan fingerprint density at radius 2 is 2.11 bits per heavy atom. The number of carbonyl (C=O) groups is 1. The number of hydrogen-bond acceptors (Lipinski definition) is 3. The van der Waals surface area contributed by atoms with Crippen molar-refractivity contribution >= 4 is 33.4 Å². The van der Waals surface area contributed by atoms with E-state index in [-0.39, 0.29) is 5.91 Å². The van der Waals surface area contributed by atoms with Crippen LogP contribution >= 0.6 is 27.5 Å². The molecular weight excluding hydrogens is 330 g/mol. The summed E-state index contributed by atoms with van der Waals surface area (Å²) >= 11 is 9.67. The lowest BCUT2D eigenvalue weighted by Crippen LogP contribution is -2.58. The molecule has 0 spiro atoms. The molecule has 19 heavy (non-hydrogen) atoms. The molecule has 0 aliphatic carbocycles. The summed E-state index contributed by atoms with van der Waals surface area (Å²) < 4.78 is 0.883. The first-order valence-corrected chi connectivity index (χ1v) is 7.34. The monoisotopic (exact) mass is 345 g/mol. The van der Waals surface area contributed by atoms with Gasteiger partial charge in [-0.2, -0.15) is 0 Å². The lowest BCUT2D eigenvalue weighted by atomic mass is 9.88. The molecule has 0 radical (unpaired) electrons. The Morgan fingerprint density at radius 3 is 2.63 bits per heavy atom. The van der Waals surface area contributed by atoms with Crippen molar-refractivity contribution in [2.75, 3.05) is 26.2 Å². The normalized spacial score (nSPS) is 19.9. The molecule has 1 aromatic rings. The molecule has 1 fully saturated rings. The van der Waals surface area contributed by atoms with Gasteiger partial charge in [-0.3, -0.25) is 9.69 Å². The molecule has 1 saturated heterocycles. The van der Waals surface area contributed by atoms with Crippen molar-refractivity contribution in [1.29, 1.82) is 0 Å². The number of nitrogens with two attached hydrogens (primary N) is 1. The summed E-state index contributed by atoms with van der Waals surface area (Å²) in [6.07, 6.45) is 0. The van der Waals surface area contributed by atoms with E-state index in [1.165, 1.54) is 0 Å². The number of halogens is 2. The second-order valence-electron chi connectivity index (χ2n) is 4.80. The molecular formula is C13H17BrClN3O. The van der Waals surface area contributed by atoms with E-state index in [0.717, 1.165) is 36.2 Å².